The van der Waals surface area contributed by atoms with Crippen LogP contribution in [0.5, 0.6) is 0 Å². The first-order valence-corrected chi connectivity index (χ1v) is 6.12. The van der Waals surface area contributed by atoms with E-state index < -0.39 is 0 Å². The fourth-order valence-electron chi connectivity index (χ4n) is 1.64. The molecule has 0 radical (unpaired) electrons. The van der Waals surface area contributed by atoms with Gasteiger partial charge in [-0.25, -0.2) is 0 Å². The van der Waals surface area contributed by atoms with Gasteiger partial charge >= 0.3 is 0 Å². The number of halogens is 1. The largest absolute Gasteiger partial charge is 0.472 e. The van der Waals surface area contributed by atoms with Gasteiger partial charge in [-0.3, -0.25) is 9.48 Å². The number of carbonyl (C=O) groups excluding carboxylic acids is 1. The molecule has 0 aliphatic rings. The van der Waals surface area contributed by atoms with Crippen LogP contribution < -0.4 is 5.32 Å². The number of hydrogen-bond donors (Lipinski definition) is 1. The van der Waals surface area contributed by atoms with Crippen LogP contribution in [-0.4, -0.2) is 15.7 Å². The van der Waals surface area contributed by atoms with Gasteiger partial charge in [0.1, 0.15) is 5.15 Å². The number of furan rings is 1. The molecular weight excluding hydrogens is 266 g/mol. The lowest BCUT2D eigenvalue weighted by Crippen LogP contribution is -2.19. The molecule has 0 fully saturated rings. The topological polar surface area (TPSA) is 60.1 Å². The Labute approximate surface area is 115 Å². The van der Waals surface area contributed by atoms with E-state index in [1.807, 2.05) is 6.92 Å². The molecule has 2 rings (SSSR count). The number of aryl methyl sites for hydroxylation is 2. The molecule has 0 aliphatic carbocycles. The van der Waals surface area contributed by atoms with Crippen molar-refractivity contribution in [3.8, 4) is 0 Å². The summed E-state index contributed by atoms with van der Waals surface area (Å²) in [5.41, 5.74) is 2.45. The van der Waals surface area contributed by atoms with E-state index in [0.29, 0.717) is 11.7 Å². The van der Waals surface area contributed by atoms with Crippen molar-refractivity contribution in [2.75, 3.05) is 0 Å². The molecule has 1 amide bonds. The molecule has 2 aromatic heterocycles. The molecule has 0 aliphatic heterocycles. The Balaban J connectivity index is 1.96. The summed E-state index contributed by atoms with van der Waals surface area (Å²) in [6.07, 6.45) is 6.26. The van der Waals surface area contributed by atoms with Crippen LogP contribution in [-0.2, 0) is 18.4 Å². The fraction of sp³-hybridized carbons (Fsp3) is 0.231. The van der Waals surface area contributed by atoms with Gasteiger partial charge in [0.25, 0.3) is 0 Å². The third kappa shape index (κ3) is 3.26. The number of hydrogen-bond acceptors (Lipinski definition) is 3. The summed E-state index contributed by atoms with van der Waals surface area (Å²) in [5, 5.41) is 7.42. The van der Waals surface area contributed by atoms with Crippen molar-refractivity contribution in [1.29, 1.82) is 0 Å². The third-order valence-electron chi connectivity index (χ3n) is 2.64. The van der Waals surface area contributed by atoms with Gasteiger partial charge in [0.2, 0.25) is 5.91 Å². The van der Waals surface area contributed by atoms with E-state index in [-0.39, 0.29) is 5.91 Å². The summed E-state index contributed by atoms with van der Waals surface area (Å²) in [6.45, 7) is 2.27. The molecule has 0 aromatic carbocycles. The van der Waals surface area contributed by atoms with Crippen LogP contribution in [0.3, 0.4) is 0 Å². The molecule has 6 heteroatoms. The lowest BCUT2D eigenvalue weighted by atomic mass is 10.2. The van der Waals surface area contributed by atoms with Crippen molar-refractivity contribution in [3.63, 3.8) is 0 Å². The van der Waals surface area contributed by atoms with Gasteiger partial charge in [-0.1, -0.05) is 11.6 Å². The lowest BCUT2D eigenvalue weighted by molar-refractivity contribution is -0.116. The summed E-state index contributed by atoms with van der Waals surface area (Å²) in [4.78, 5) is 11.6. The van der Waals surface area contributed by atoms with E-state index >= 15 is 0 Å². The molecule has 0 atom stereocenters. The first-order chi connectivity index (χ1) is 9.08. The van der Waals surface area contributed by atoms with Crippen molar-refractivity contribution in [2.24, 2.45) is 7.05 Å². The molecule has 2 aromatic rings. The minimum absolute atomic E-state index is 0.194. The van der Waals surface area contributed by atoms with Crippen LogP contribution in [0.25, 0.3) is 6.08 Å². The third-order valence-corrected chi connectivity index (χ3v) is 3.09. The van der Waals surface area contributed by atoms with Crippen LogP contribution in [0.4, 0.5) is 0 Å². The lowest BCUT2D eigenvalue weighted by Gasteiger charge is -1.98. The van der Waals surface area contributed by atoms with Crippen LogP contribution >= 0.6 is 11.6 Å². The summed E-state index contributed by atoms with van der Waals surface area (Å²) >= 11 is 6.06. The molecule has 0 saturated heterocycles. The molecule has 2 heterocycles. The first-order valence-electron chi connectivity index (χ1n) is 5.74. The van der Waals surface area contributed by atoms with E-state index in [1.54, 1.807) is 36.4 Å². The molecule has 0 spiro atoms. The highest BCUT2D eigenvalue weighted by molar-refractivity contribution is 6.31. The van der Waals surface area contributed by atoms with Crippen molar-refractivity contribution in [2.45, 2.75) is 13.5 Å². The Kier molecular flexibility index (Phi) is 4.06. The maximum absolute atomic E-state index is 11.6. The quantitative estimate of drug-likeness (QED) is 0.874. The molecule has 5 nitrogen and oxygen atoms in total. The van der Waals surface area contributed by atoms with E-state index in [1.165, 1.54) is 6.08 Å². The Bertz CT molecular complexity index is 600. The number of aromatic nitrogens is 2. The van der Waals surface area contributed by atoms with Crippen molar-refractivity contribution in [3.05, 3.63) is 46.6 Å². The molecule has 100 valence electrons. The summed E-state index contributed by atoms with van der Waals surface area (Å²) < 4.78 is 6.48. The monoisotopic (exact) mass is 279 g/mol. The van der Waals surface area contributed by atoms with Gasteiger partial charge in [0.05, 0.1) is 18.2 Å². The SMILES string of the molecule is Cc1nn(C)c(Cl)c1/C=C/C(=O)NCc1ccoc1. The number of nitrogens with zero attached hydrogens (tertiary/aromatic N) is 2. The summed E-state index contributed by atoms with van der Waals surface area (Å²) in [7, 11) is 1.76. The van der Waals surface area contributed by atoms with Crippen molar-refractivity contribution >= 4 is 23.6 Å². The average molecular weight is 280 g/mol. The highest BCUT2D eigenvalue weighted by Gasteiger charge is 2.08. The average Bonchev–Trinajstić information content (AvgIpc) is 2.96. The Hall–Kier alpha value is -2.01. The number of carbonyl (C=O) groups is 1. The van der Waals surface area contributed by atoms with Gasteiger partial charge in [-0.05, 0) is 19.1 Å². The molecule has 0 saturated carbocycles. The zero-order valence-electron chi connectivity index (χ0n) is 10.7. The van der Waals surface area contributed by atoms with Gasteiger partial charge in [0, 0.05) is 30.8 Å². The molecular formula is C13H14ClN3O2. The number of amides is 1. The van der Waals surface area contributed by atoms with E-state index in [2.05, 4.69) is 10.4 Å². The number of rotatable bonds is 4. The van der Waals surface area contributed by atoms with Crippen molar-refractivity contribution in [1.82, 2.24) is 15.1 Å². The van der Waals surface area contributed by atoms with Crippen LogP contribution in [0.2, 0.25) is 5.15 Å². The van der Waals surface area contributed by atoms with E-state index in [0.717, 1.165) is 16.8 Å². The predicted octanol–water partition coefficient (Wildman–Crippen LogP) is 2.30. The molecule has 0 bridgehead atoms. The standard InChI is InChI=1S/C13H14ClN3O2/c1-9-11(13(14)17(2)16-9)3-4-12(18)15-7-10-5-6-19-8-10/h3-6,8H,7H2,1-2H3,(H,15,18)/b4-3+. The van der Waals surface area contributed by atoms with Gasteiger partial charge in [-0.15, -0.1) is 0 Å². The zero-order valence-corrected chi connectivity index (χ0v) is 11.4. The van der Waals surface area contributed by atoms with E-state index in [9.17, 15) is 4.79 Å². The first kappa shape index (κ1) is 13.4. The minimum atomic E-state index is -0.194. The maximum Gasteiger partial charge on any atom is 0.244 e. The predicted molar refractivity (Wildman–Crippen MR) is 72.5 cm³/mol. The molecule has 0 unspecified atom stereocenters. The Morgan fingerprint density at radius 2 is 2.42 bits per heavy atom. The second kappa shape index (κ2) is 5.75. The van der Waals surface area contributed by atoms with E-state index in [4.69, 9.17) is 16.0 Å². The molecule has 19 heavy (non-hydrogen) atoms. The van der Waals surface area contributed by atoms with Gasteiger partial charge in [-0.2, -0.15) is 5.10 Å². The van der Waals surface area contributed by atoms with Crippen LogP contribution in [0.15, 0.2) is 29.1 Å². The second-order valence-electron chi connectivity index (χ2n) is 4.10. The highest BCUT2D eigenvalue weighted by Crippen LogP contribution is 2.19. The minimum Gasteiger partial charge on any atom is -0.472 e. The van der Waals surface area contributed by atoms with Gasteiger partial charge < -0.3 is 9.73 Å². The Morgan fingerprint density at radius 1 is 1.63 bits per heavy atom. The highest BCUT2D eigenvalue weighted by atomic mass is 35.5. The molecule has 1 N–H and O–H groups in total. The second-order valence-corrected chi connectivity index (χ2v) is 4.45. The smallest absolute Gasteiger partial charge is 0.244 e. The van der Waals surface area contributed by atoms with Crippen LogP contribution in [0.1, 0.15) is 16.8 Å². The summed E-state index contributed by atoms with van der Waals surface area (Å²) in [6, 6.07) is 1.80. The Morgan fingerprint density at radius 3 is 3.00 bits per heavy atom. The van der Waals surface area contributed by atoms with Gasteiger partial charge in [0.15, 0.2) is 0 Å². The van der Waals surface area contributed by atoms with Crippen LogP contribution in [0, 0.1) is 6.92 Å². The number of nitrogens with one attached hydrogen (secondary N) is 1. The maximum atomic E-state index is 11.6. The zero-order chi connectivity index (χ0) is 13.8. The normalized spacial score (nSPS) is 11.1. The van der Waals surface area contributed by atoms with Crippen molar-refractivity contribution < 1.29 is 9.21 Å². The summed E-state index contributed by atoms with van der Waals surface area (Å²) in [5.74, 6) is -0.194. The fourth-order valence-corrected chi connectivity index (χ4v) is 1.87.